The Hall–Kier alpha value is -4.33. The fraction of sp³-hybridized carbons (Fsp3) is 0.323. The van der Waals surface area contributed by atoms with Gasteiger partial charge in [0.15, 0.2) is 23.0 Å². The average molecular weight is 535 g/mol. The molecule has 0 unspecified atom stereocenters. The van der Waals surface area contributed by atoms with E-state index in [1.165, 1.54) is 34.5 Å². The number of rotatable bonds is 7. The van der Waals surface area contributed by atoms with Crippen LogP contribution >= 0.6 is 0 Å². The molecule has 39 heavy (non-hydrogen) atoms. The van der Waals surface area contributed by atoms with Crippen LogP contribution in [0.15, 0.2) is 48.5 Å². The second-order valence-corrected chi connectivity index (χ2v) is 9.56. The van der Waals surface area contributed by atoms with Gasteiger partial charge in [0, 0.05) is 28.7 Å². The van der Waals surface area contributed by atoms with Crippen molar-refractivity contribution < 1.29 is 38.7 Å². The van der Waals surface area contributed by atoms with Gasteiger partial charge in [-0.05, 0) is 41.7 Å². The molecule has 0 saturated carbocycles. The van der Waals surface area contributed by atoms with Gasteiger partial charge in [0.2, 0.25) is 11.5 Å². The number of fused-ring (bicyclic) bond motifs is 3. The van der Waals surface area contributed by atoms with Crippen LogP contribution in [0.2, 0.25) is 0 Å². The summed E-state index contributed by atoms with van der Waals surface area (Å²) in [4.78, 5) is 13.1. The van der Waals surface area contributed by atoms with Gasteiger partial charge < -0.3 is 33.9 Å². The third-order valence-electron chi connectivity index (χ3n) is 7.33. The van der Waals surface area contributed by atoms with Gasteiger partial charge in [-0.2, -0.15) is 0 Å². The van der Waals surface area contributed by atoms with Gasteiger partial charge in [0.05, 0.1) is 28.4 Å². The van der Waals surface area contributed by atoms with E-state index in [1.54, 1.807) is 12.1 Å². The van der Waals surface area contributed by atoms with Crippen LogP contribution in [-0.4, -0.2) is 44.6 Å². The van der Waals surface area contributed by atoms with Gasteiger partial charge in [-0.15, -0.1) is 0 Å². The predicted molar refractivity (Wildman–Crippen MR) is 148 cm³/mol. The molecule has 3 atom stereocenters. The summed E-state index contributed by atoms with van der Waals surface area (Å²) in [6, 6.07) is 12.9. The first-order valence-corrected chi connectivity index (χ1v) is 12.6. The second-order valence-electron chi connectivity index (χ2n) is 9.56. The fourth-order valence-corrected chi connectivity index (χ4v) is 5.12. The summed E-state index contributed by atoms with van der Waals surface area (Å²) in [5.74, 6) is -0.361. The zero-order chi connectivity index (χ0) is 28.3. The van der Waals surface area contributed by atoms with Crippen LogP contribution in [0.5, 0.6) is 34.5 Å². The molecule has 0 saturated heterocycles. The summed E-state index contributed by atoms with van der Waals surface area (Å²) in [5, 5.41) is 22.5. The van der Waals surface area contributed by atoms with Gasteiger partial charge in [0.25, 0.3) is 0 Å². The molecule has 0 amide bonds. The quantitative estimate of drug-likeness (QED) is 0.284. The first-order valence-electron chi connectivity index (χ1n) is 12.6. The molecule has 1 aliphatic carbocycles. The van der Waals surface area contributed by atoms with Crippen LogP contribution in [0.25, 0.3) is 17.2 Å². The standard InChI is InChI=1S/C31H34O8/c1-17-14-20-15-23(36-4)30(37-5)28(34)25(20)26-21(16-22(35-3)27(33)31(26)38-6)29(18(17)2)39-24(32)13-12-19-10-8-7-9-11-19/h7-13,15-18,29,33-34H,14H2,1-6H3/b13-12+/t17-,18-,29+/m1/s1. The Morgan fingerprint density at radius 3 is 2.13 bits per heavy atom. The maximum absolute atomic E-state index is 13.1. The van der Waals surface area contributed by atoms with Gasteiger partial charge >= 0.3 is 5.97 Å². The molecule has 8 nitrogen and oxygen atoms in total. The minimum absolute atomic E-state index is 0.0103. The first-order chi connectivity index (χ1) is 18.7. The lowest BCUT2D eigenvalue weighted by molar-refractivity contribution is -0.146. The van der Waals surface area contributed by atoms with Crippen molar-refractivity contribution in [2.45, 2.75) is 26.4 Å². The van der Waals surface area contributed by atoms with Crippen molar-refractivity contribution in [2.75, 3.05) is 28.4 Å². The Labute approximate surface area is 228 Å². The molecule has 0 spiro atoms. The number of hydrogen-bond acceptors (Lipinski definition) is 8. The topological polar surface area (TPSA) is 104 Å². The molecule has 8 heteroatoms. The van der Waals surface area contributed by atoms with Gasteiger partial charge in [-0.25, -0.2) is 4.79 Å². The van der Waals surface area contributed by atoms with Crippen molar-refractivity contribution in [3.63, 3.8) is 0 Å². The molecular formula is C31H34O8. The van der Waals surface area contributed by atoms with E-state index in [2.05, 4.69) is 6.92 Å². The highest BCUT2D eigenvalue weighted by Crippen LogP contribution is 2.57. The first kappa shape index (κ1) is 27.7. The van der Waals surface area contributed by atoms with E-state index in [0.717, 1.165) is 11.1 Å². The highest BCUT2D eigenvalue weighted by molar-refractivity contribution is 5.90. The third-order valence-corrected chi connectivity index (χ3v) is 7.33. The SMILES string of the molecule is COc1cc2c(c(OC)c1O)-c1c(cc(OC)c(OC)c1O)C[C@@H](C)[C@@H](C)[C@@H]2OC(=O)/C=C/c1ccccc1. The van der Waals surface area contributed by atoms with E-state index < -0.39 is 12.1 Å². The Kier molecular flexibility index (Phi) is 8.24. The predicted octanol–water partition coefficient (Wildman–Crippen LogP) is 5.93. The zero-order valence-electron chi connectivity index (χ0n) is 23.0. The Morgan fingerprint density at radius 2 is 1.51 bits per heavy atom. The van der Waals surface area contributed by atoms with Crippen LogP contribution in [0.1, 0.15) is 36.6 Å². The second kappa shape index (κ2) is 11.6. The molecule has 206 valence electrons. The molecule has 0 radical (unpaired) electrons. The zero-order valence-corrected chi connectivity index (χ0v) is 23.0. The number of methoxy groups -OCH3 is 4. The number of aromatic hydroxyl groups is 2. The molecule has 3 aromatic rings. The van der Waals surface area contributed by atoms with Crippen molar-refractivity contribution in [2.24, 2.45) is 11.8 Å². The maximum atomic E-state index is 13.1. The van der Waals surface area contributed by atoms with Crippen LogP contribution in [0.3, 0.4) is 0 Å². The molecule has 2 N–H and O–H groups in total. The number of ether oxygens (including phenoxy) is 5. The van der Waals surface area contributed by atoms with Crippen molar-refractivity contribution in [3.8, 4) is 45.6 Å². The molecule has 3 aromatic carbocycles. The Balaban J connectivity index is 1.96. The monoisotopic (exact) mass is 534 g/mol. The minimum Gasteiger partial charge on any atom is -0.504 e. The van der Waals surface area contributed by atoms with Crippen molar-refractivity contribution in [1.82, 2.24) is 0 Å². The lowest BCUT2D eigenvalue weighted by Crippen LogP contribution is -2.26. The van der Waals surface area contributed by atoms with E-state index in [0.29, 0.717) is 28.9 Å². The van der Waals surface area contributed by atoms with E-state index in [4.69, 9.17) is 23.7 Å². The largest absolute Gasteiger partial charge is 0.504 e. The van der Waals surface area contributed by atoms with Gasteiger partial charge in [0.1, 0.15) is 6.10 Å². The number of carbonyl (C=O) groups excluding carboxylic acids is 1. The molecule has 0 heterocycles. The fourth-order valence-electron chi connectivity index (χ4n) is 5.12. The summed E-state index contributed by atoms with van der Waals surface area (Å²) in [5.41, 5.74) is 2.93. The van der Waals surface area contributed by atoms with Crippen molar-refractivity contribution >= 4 is 12.0 Å². The Morgan fingerprint density at radius 1 is 0.846 bits per heavy atom. The number of benzene rings is 3. The normalized spacial score (nSPS) is 18.4. The molecule has 0 aliphatic heterocycles. The third kappa shape index (κ3) is 5.19. The minimum atomic E-state index is -0.757. The highest BCUT2D eigenvalue weighted by Gasteiger charge is 2.38. The smallest absolute Gasteiger partial charge is 0.331 e. The van der Waals surface area contributed by atoms with E-state index >= 15 is 0 Å². The number of phenols is 2. The van der Waals surface area contributed by atoms with Crippen molar-refractivity contribution in [1.29, 1.82) is 0 Å². The highest BCUT2D eigenvalue weighted by atomic mass is 16.5. The summed E-state index contributed by atoms with van der Waals surface area (Å²) < 4.78 is 28.2. The lowest BCUT2D eigenvalue weighted by Gasteiger charge is -2.35. The Bertz CT molecular complexity index is 1380. The molecule has 0 fully saturated rings. The maximum Gasteiger partial charge on any atom is 0.331 e. The van der Waals surface area contributed by atoms with Crippen LogP contribution in [0, 0.1) is 11.8 Å². The molecule has 0 aromatic heterocycles. The lowest BCUT2D eigenvalue weighted by atomic mass is 9.76. The molecule has 4 rings (SSSR count). The van der Waals surface area contributed by atoms with Crippen molar-refractivity contribution in [3.05, 3.63) is 65.2 Å². The summed E-state index contributed by atoms with van der Waals surface area (Å²) in [6.07, 6.45) is 2.84. The van der Waals surface area contributed by atoms with E-state index in [1.807, 2.05) is 43.3 Å². The molecule has 0 bridgehead atoms. The molecule has 1 aliphatic rings. The summed E-state index contributed by atoms with van der Waals surface area (Å²) in [6.45, 7) is 4.06. The average Bonchev–Trinajstić information content (AvgIpc) is 2.94. The van der Waals surface area contributed by atoms with Gasteiger partial charge in [-0.3, -0.25) is 0 Å². The number of phenolic OH excluding ortho intramolecular Hbond substituents is 2. The number of hydrogen-bond donors (Lipinski definition) is 2. The summed E-state index contributed by atoms with van der Waals surface area (Å²) in [7, 11) is 5.78. The van der Waals surface area contributed by atoms with Crippen LogP contribution < -0.4 is 18.9 Å². The van der Waals surface area contributed by atoms with E-state index in [-0.39, 0.29) is 40.6 Å². The summed E-state index contributed by atoms with van der Waals surface area (Å²) >= 11 is 0. The van der Waals surface area contributed by atoms with Gasteiger partial charge in [-0.1, -0.05) is 44.2 Å². The number of esters is 1. The molecular weight excluding hydrogens is 500 g/mol. The van der Waals surface area contributed by atoms with Crippen LogP contribution in [-0.2, 0) is 16.0 Å². The van der Waals surface area contributed by atoms with Crippen LogP contribution in [0.4, 0.5) is 0 Å². The number of carbonyl (C=O) groups is 1. The van der Waals surface area contributed by atoms with E-state index in [9.17, 15) is 15.0 Å².